The zero-order valence-corrected chi connectivity index (χ0v) is 26.9. The van der Waals surface area contributed by atoms with Crippen LogP contribution >= 0.6 is 0 Å². The van der Waals surface area contributed by atoms with E-state index in [1.165, 1.54) is 0 Å². The highest BCUT2D eigenvalue weighted by atomic mass is 16.5. The molecule has 0 aliphatic carbocycles. The first-order valence-corrected chi connectivity index (χ1v) is 16.5. The molecular weight excluding hydrogens is 594 g/mol. The highest BCUT2D eigenvalue weighted by molar-refractivity contribution is 6.01. The molecule has 4 atom stereocenters. The Morgan fingerprint density at radius 2 is 1.94 bits per heavy atom. The maximum Gasteiger partial charge on any atom is 0.255 e. The van der Waals surface area contributed by atoms with E-state index in [0.29, 0.717) is 41.3 Å². The Balaban J connectivity index is 1.20. The van der Waals surface area contributed by atoms with Crippen LogP contribution in [-0.2, 0) is 13.6 Å². The predicted octanol–water partition coefficient (Wildman–Crippen LogP) is 4.97. The van der Waals surface area contributed by atoms with E-state index >= 15 is 0 Å². The molecule has 2 saturated heterocycles. The molecule has 4 bridgehead atoms. The molecule has 0 unspecified atom stereocenters. The fourth-order valence-electron chi connectivity index (χ4n) is 7.80. The number of nitrogens with one attached hydrogen (secondary N) is 1. The van der Waals surface area contributed by atoms with Gasteiger partial charge in [-0.25, -0.2) is 9.97 Å². The summed E-state index contributed by atoms with van der Waals surface area (Å²) < 4.78 is 16.2. The molecule has 47 heavy (non-hydrogen) atoms. The normalized spacial score (nSPS) is 22.7. The Bertz CT molecular complexity index is 2050. The molecule has 3 aromatic heterocycles. The second kappa shape index (κ2) is 11.4. The number of carbonyl (C=O) groups is 2. The van der Waals surface area contributed by atoms with Crippen molar-refractivity contribution in [1.82, 2.24) is 29.3 Å². The number of pyridine rings is 1. The van der Waals surface area contributed by atoms with Gasteiger partial charge in [-0.3, -0.25) is 9.59 Å². The molecule has 2 amide bonds. The van der Waals surface area contributed by atoms with Crippen LogP contribution < -0.4 is 20.5 Å². The van der Waals surface area contributed by atoms with Gasteiger partial charge in [-0.1, -0.05) is 12.1 Å². The van der Waals surface area contributed by atoms with Crippen LogP contribution in [0.15, 0.2) is 54.6 Å². The van der Waals surface area contributed by atoms with E-state index in [0.717, 1.165) is 65.9 Å². The lowest BCUT2D eigenvalue weighted by molar-refractivity contribution is 0.0726. The number of ether oxygens (including phenoxy) is 2. The third-order valence-electron chi connectivity index (χ3n) is 10.2. The number of amides is 2. The fraction of sp³-hybridized carbons (Fsp3) is 0.389. The predicted molar refractivity (Wildman–Crippen MR) is 179 cm³/mol. The molecule has 3 N–H and O–H groups in total. The summed E-state index contributed by atoms with van der Waals surface area (Å²) in [6, 6.07) is 17.2. The molecule has 2 aromatic carbocycles. The van der Waals surface area contributed by atoms with Crippen LogP contribution in [0.1, 0.15) is 71.5 Å². The second-order valence-corrected chi connectivity index (χ2v) is 13.0. The Kier molecular flexibility index (Phi) is 7.16. The minimum Gasteiger partial charge on any atom is -0.494 e. The van der Waals surface area contributed by atoms with Gasteiger partial charge in [-0.15, -0.1) is 0 Å². The van der Waals surface area contributed by atoms with Gasteiger partial charge < -0.3 is 34.6 Å². The van der Waals surface area contributed by atoms with E-state index < -0.39 is 0 Å². The Labute approximate surface area is 272 Å². The Morgan fingerprint density at radius 1 is 1.09 bits per heavy atom. The highest BCUT2D eigenvalue weighted by Gasteiger charge is 2.47. The number of rotatable bonds is 3. The summed E-state index contributed by atoms with van der Waals surface area (Å²) in [6.07, 6.45) is 4.43. The molecule has 3 aliphatic rings. The van der Waals surface area contributed by atoms with Crippen molar-refractivity contribution in [2.24, 2.45) is 12.8 Å². The van der Waals surface area contributed by atoms with Gasteiger partial charge in [-0.05, 0) is 81.5 Å². The van der Waals surface area contributed by atoms with Gasteiger partial charge in [0.25, 0.3) is 11.8 Å². The van der Waals surface area contributed by atoms with Crippen LogP contribution in [0.4, 0.5) is 0 Å². The van der Waals surface area contributed by atoms with Crippen molar-refractivity contribution in [3.05, 3.63) is 71.4 Å². The minimum atomic E-state index is -0.328. The topological polar surface area (TPSA) is 130 Å². The van der Waals surface area contributed by atoms with Gasteiger partial charge in [-0.2, -0.15) is 0 Å². The Morgan fingerprint density at radius 3 is 2.72 bits per heavy atom. The molecule has 6 heterocycles. The van der Waals surface area contributed by atoms with Crippen LogP contribution in [0.2, 0.25) is 0 Å². The number of hydrogen-bond donors (Lipinski definition) is 2. The van der Waals surface area contributed by atoms with Crippen molar-refractivity contribution in [3.8, 4) is 23.0 Å². The number of benzene rings is 2. The van der Waals surface area contributed by atoms with Gasteiger partial charge in [0.1, 0.15) is 22.7 Å². The van der Waals surface area contributed by atoms with Crippen molar-refractivity contribution in [2.45, 2.75) is 69.7 Å². The van der Waals surface area contributed by atoms with Gasteiger partial charge in [0.2, 0.25) is 0 Å². The third kappa shape index (κ3) is 4.83. The van der Waals surface area contributed by atoms with Crippen LogP contribution in [0.25, 0.3) is 33.6 Å². The Hall–Kier alpha value is -4.90. The highest BCUT2D eigenvalue weighted by Crippen LogP contribution is 2.40. The molecule has 3 aliphatic heterocycles. The number of imidazole rings is 1. The number of methoxy groups -OCH3 is 1. The van der Waals surface area contributed by atoms with E-state index in [1.807, 2.05) is 59.8 Å². The standard InChI is InChI=1S/C36H39N7O4/c1-20-26-12-10-21-17-29(42(33(21)39-26)14-6-7-15-47-30-9-5-4-8-24(30)35(44)38-20)34-40-27-16-22(18-31(46-3)32(27)41(34)2)36(45)43-23-11-13-28(43)25(37)19-23/h4-5,8-10,12,16-18,20,23,25,28H,6-7,11,13-15,19,37H2,1-3H3,(H,38,44)/t20-,23+,25-,28-/m1/s1. The lowest BCUT2D eigenvalue weighted by Gasteiger charge is -2.23. The summed E-state index contributed by atoms with van der Waals surface area (Å²) in [6.45, 7) is 3.12. The quantitative estimate of drug-likeness (QED) is 0.287. The smallest absolute Gasteiger partial charge is 0.255 e. The van der Waals surface area contributed by atoms with Gasteiger partial charge >= 0.3 is 0 Å². The summed E-state index contributed by atoms with van der Waals surface area (Å²) in [5.41, 5.74) is 11.5. The summed E-state index contributed by atoms with van der Waals surface area (Å²) in [5.74, 6) is 1.71. The molecular formula is C36H39N7O4. The number of aryl methyl sites for hydroxylation is 2. The van der Waals surface area contributed by atoms with Gasteiger partial charge in [0.05, 0.1) is 42.2 Å². The molecule has 242 valence electrons. The third-order valence-corrected chi connectivity index (χ3v) is 10.2. The van der Waals surface area contributed by atoms with Gasteiger partial charge in [0.15, 0.2) is 5.82 Å². The average Bonchev–Trinajstić information content (AvgIpc) is 3.83. The fourth-order valence-corrected chi connectivity index (χ4v) is 7.80. The summed E-state index contributed by atoms with van der Waals surface area (Å²) in [5, 5.41) is 4.08. The largest absolute Gasteiger partial charge is 0.494 e. The monoisotopic (exact) mass is 633 g/mol. The number of carbonyl (C=O) groups excluding carboxylic acids is 2. The van der Waals surface area contributed by atoms with Crippen LogP contribution in [-0.4, -0.2) is 67.7 Å². The zero-order chi connectivity index (χ0) is 32.4. The first-order chi connectivity index (χ1) is 22.8. The maximum atomic E-state index is 13.8. The number of hydrogen-bond acceptors (Lipinski definition) is 7. The first kappa shape index (κ1) is 29.5. The molecule has 0 spiro atoms. The van der Waals surface area contributed by atoms with Crippen molar-refractivity contribution >= 4 is 33.9 Å². The van der Waals surface area contributed by atoms with E-state index in [4.69, 9.17) is 25.2 Å². The molecule has 0 saturated carbocycles. The summed E-state index contributed by atoms with van der Waals surface area (Å²) in [4.78, 5) is 39.3. The first-order valence-electron chi connectivity index (χ1n) is 16.5. The van der Waals surface area contributed by atoms with Gasteiger partial charge in [0, 0.05) is 42.7 Å². The van der Waals surface area contributed by atoms with Crippen LogP contribution in [0, 0.1) is 0 Å². The van der Waals surface area contributed by atoms with Crippen molar-refractivity contribution in [1.29, 1.82) is 0 Å². The lowest BCUT2D eigenvalue weighted by atomic mass is 9.97. The maximum absolute atomic E-state index is 13.8. The SMILES string of the molecule is COc1cc(C(=O)N2[C@H]3CC[C@@H]2[C@H](N)C3)cc2nc(-c3cc4ccc5nc4n3CCCCOc3ccccc3C(=O)N[C@@H]5C)n(C)c12. The summed E-state index contributed by atoms with van der Waals surface area (Å²) >= 11 is 0. The summed E-state index contributed by atoms with van der Waals surface area (Å²) in [7, 11) is 3.60. The number of aromatic nitrogens is 4. The molecule has 8 rings (SSSR count). The molecule has 11 heteroatoms. The van der Waals surface area contributed by atoms with Crippen LogP contribution in [0.3, 0.4) is 0 Å². The van der Waals surface area contributed by atoms with Crippen molar-refractivity contribution in [3.63, 3.8) is 0 Å². The van der Waals surface area contributed by atoms with Crippen LogP contribution in [0.5, 0.6) is 11.5 Å². The van der Waals surface area contributed by atoms with E-state index in [9.17, 15) is 9.59 Å². The molecule has 2 fully saturated rings. The van der Waals surface area contributed by atoms with E-state index in [1.54, 1.807) is 13.2 Å². The van der Waals surface area contributed by atoms with Crippen molar-refractivity contribution < 1.29 is 19.1 Å². The van der Waals surface area contributed by atoms with Crippen molar-refractivity contribution in [2.75, 3.05) is 13.7 Å². The molecule has 11 nitrogen and oxygen atoms in total. The zero-order valence-electron chi connectivity index (χ0n) is 26.9. The molecule has 5 aromatic rings. The lowest BCUT2D eigenvalue weighted by Crippen LogP contribution is -2.40. The number of nitrogens with two attached hydrogens (primary N) is 1. The van der Waals surface area contributed by atoms with E-state index in [2.05, 4.69) is 22.0 Å². The number of nitrogens with zero attached hydrogens (tertiary/aromatic N) is 5. The number of para-hydroxylation sites is 1. The molecule has 0 radical (unpaired) electrons. The second-order valence-electron chi connectivity index (χ2n) is 13.0. The average molecular weight is 634 g/mol. The number of fused-ring (bicyclic) bond motifs is 5. The minimum absolute atomic E-state index is 0.0112. The van der Waals surface area contributed by atoms with E-state index in [-0.39, 0.29) is 36.0 Å².